The van der Waals surface area contributed by atoms with Crippen LogP contribution in [0.2, 0.25) is 0 Å². The standard InChI is InChI=1S/C16H26N2O2S/c1-3-17-11-15-6-5-7-16(10-15)13-21(19,20)18(4-2)12-14-8-9-14/h5-7,10,14,17H,3-4,8-9,11-13H2,1-2H3. The summed E-state index contributed by atoms with van der Waals surface area (Å²) < 4.78 is 26.7. The van der Waals surface area contributed by atoms with Crippen molar-refractivity contribution in [1.29, 1.82) is 0 Å². The van der Waals surface area contributed by atoms with Gasteiger partial charge in [0.15, 0.2) is 0 Å². The Morgan fingerprint density at radius 1 is 1.24 bits per heavy atom. The molecule has 2 rings (SSSR count). The molecule has 5 heteroatoms. The third-order valence-corrected chi connectivity index (χ3v) is 5.72. The summed E-state index contributed by atoms with van der Waals surface area (Å²) in [5.41, 5.74) is 2.01. The zero-order valence-corrected chi connectivity index (χ0v) is 13.8. The smallest absolute Gasteiger partial charge is 0.218 e. The second-order valence-electron chi connectivity index (χ2n) is 5.75. The Morgan fingerprint density at radius 3 is 2.57 bits per heavy atom. The fraction of sp³-hybridized carbons (Fsp3) is 0.625. The predicted molar refractivity (Wildman–Crippen MR) is 86.4 cm³/mol. The molecule has 0 aromatic heterocycles. The molecule has 0 bridgehead atoms. The first kappa shape index (κ1) is 16.5. The van der Waals surface area contributed by atoms with Gasteiger partial charge in [0, 0.05) is 19.6 Å². The van der Waals surface area contributed by atoms with Crippen molar-refractivity contribution in [1.82, 2.24) is 9.62 Å². The summed E-state index contributed by atoms with van der Waals surface area (Å²) in [4.78, 5) is 0. The lowest BCUT2D eigenvalue weighted by molar-refractivity contribution is 0.411. The summed E-state index contributed by atoms with van der Waals surface area (Å²) >= 11 is 0. The fourth-order valence-electron chi connectivity index (χ4n) is 2.43. The molecule has 0 saturated heterocycles. The topological polar surface area (TPSA) is 49.4 Å². The highest BCUT2D eigenvalue weighted by Gasteiger charge is 2.29. The molecule has 0 spiro atoms. The van der Waals surface area contributed by atoms with Crippen molar-refractivity contribution in [2.24, 2.45) is 5.92 Å². The highest BCUT2D eigenvalue weighted by Crippen LogP contribution is 2.30. The molecule has 1 saturated carbocycles. The largest absolute Gasteiger partial charge is 0.313 e. The van der Waals surface area contributed by atoms with Gasteiger partial charge in [0.25, 0.3) is 0 Å². The first-order valence-electron chi connectivity index (χ1n) is 7.81. The van der Waals surface area contributed by atoms with E-state index in [0.29, 0.717) is 19.0 Å². The first-order chi connectivity index (χ1) is 10.0. The molecule has 21 heavy (non-hydrogen) atoms. The van der Waals surface area contributed by atoms with Crippen LogP contribution in [-0.4, -0.2) is 32.4 Å². The third-order valence-electron chi connectivity index (χ3n) is 3.82. The second kappa shape index (κ2) is 7.38. The number of nitrogens with one attached hydrogen (secondary N) is 1. The molecule has 0 unspecified atom stereocenters. The molecule has 0 atom stereocenters. The SMILES string of the molecule is CCNCc1cccc(CS(=O)(=O)N(CC)CC2CC2)c1. The van der Waals surface area contributed by atoms with Crippen LogP contribution in [0.4, 0.5) is 0 Å². The summed E-state index contributed by atoms with van der Waals surface area (Å²) in [5, 5.41) is 3.26. The Morgan fingerprint density at radius 2 is 1.95 bits per heavy atom. The zero-order valence-electron chi connectivity index (χ0n) is 13.0. The van der Waals surface area contributed by atoms with Crippen LogP contribution >= 0.6 is 0 Å². The maximum Gasteiger partial charge on any atom is 0.218 e. The number of rotatable bonds is 9. The van der Waals surface area contributed by atoms with Crippen molar-refractivity contribution in [2.75, 3.05) is 19.6 Å². The second-order valence-corrected chi connectivity index (χ2v) is 7.72. The summed E-state index contributed by atoms with van der Waals surface area (Å²) in [6.45, 7) is 6.93. The first-order valence-corrected chi connectivity index (χ1v) is 9.42. The van der Waals surface area contributed by atoms with E-state index in [0.717, 1.165) is 24.2 Å². The number of sulfonamides is 1. The number of nitrogens with zero attached hydrogens (tertiary/aromatic N) is 1. The lowest BCUT2D eigenvalue weighted by Crippen LogP contribution is -2.33. The van der Waals surface area contributed by atoms with Crippen molar-refractivity contribution in [2.45, 2.75) is 39.0 Å². The van der Waals surface area contributed by atoms with Gasteiger partial charge in [0.1, 0.15) is 0 Å². The minimum Gasteiger partial charge on any atom is -0.313 e. The van der Waals surface area contributed by atoms with E-state index >= 15 is 0 Å². The Hall–Kier alpha value is -0.910. The van der Waals surface area contributed by atoms with Crippen LogP contribution in [0.5, 0.6) is 0 Å². The van der Waals surface area contributed by atoms with E-state index in [2.05, 4.69) is 12.2 Å². The molecule has 1 aromatic rings. The van der Waals surface area contributed by atoms with E-state index < -0.39 is 10.0 Å². The molecule has 0 aliphatic heterocycles. The Kier molecular flexibility index (Phi) is 5.79. The maximum atomic E-state index is 12.5. The van der Waals surface area contributed by atoms with Gasteiger partial charge in [-0.3, -0.25) is 0 Å². The predicted octanol–water partition coefficient (Wildman–Crippen LogP) is 2.36. The van der Waals surface area contributed by atoms with E-state index in [1.165, 1.54) is 12.8 Å². The maximum absolute atomic E-state index is 12.5. The zero-order chi connectivity index (χ0) is 15.3. The minimum atomic E-state index is -3.20. The van der Waals surface area contributed by atoms with Crippen LogP contribution < -0.4 is 5.32 Å². The van der Waals surface area contributed by atoms with Gasteiger partial charge >= 0.3 is 0 Å². The summed E-state index contributed by atoms with van der Waals surface area (Å²) in [5.74, 6) is 0.688. The van der Waals surface area contributed by atoms with E-state index in [1.807, 2.05) is 31.2 Å². The van der Waals surface area contributed by atoms with Gasteiger partial charge in [-0.25, -0.2) is 12.7 Å². The van der Waals surface area contributed by atoms with Crippen molar-refractivity contribution in [3.8, 4) is 0 Å². The Labute approximate surface area is 128 Å². The summed E-state index contributed by atoms with van der Waals surface area (Å²) in [6, 6.07) is 7.86. The van der Waals surface area contributed by atoms with Crippen LogP contribution in [0.3, 0.4) is 0 Å². The lowest BCUT2D eigenvalue weighted by atomic mass is 10.1. The molecule has 1 aliphatic rings. The monoisotopic (exact) mass is 310 g/mol. The summed E-state index contributed by atoms with van der Waals surface area (Å²) in [6.07, 6.45) is 2.34. The number of hydrogen-bond acceptors (Lipinski definition) is 3. The van der Waals surface area contributed by atoms with Crippen LogP contribution in [0.25, 0.3) is 0 Å². The van der Waals surface area contributed by atoms with E-state index in [4.69, 9.17) is 0 Å². The van der Waals surface area contributed by atoms with Gasteiger partial charge in [-0.15, -0.1) is 0 Å². The minimum absolute atomic E-state index is 0.105. The van der Waals surface area contributed by atoms with Crippen molar-refractivity contribution in [3.05, 3.63) is 35.4 Å². The molecule has 0 heterocycles. The van der Waals surface area contributed by atoms with Crippen LogP contribution in [0.1, 0.15) is 37.8 Å². The van der Waals surface area contributed by atoms with Gasteiger partial charge in [0.05, 0.1) is 5.75 Å². The highest BCUT2D eigenvalue weighted by atomic mass is 32.2. The molecule has 1 N–H and O–H groups in total. The van der Waals surface area contributed by atoms with Crippen molar-refractivity contribution >= 4 is 10.0 Å². The van der Waals surface area contributed by atoms with Crippen LogP contribution in [0.15, 0.2) is 24.3 Å². The molecule has 0 radical (unpaired) electrons. The van der Waals surface area contributed by atoms with Gasteiger partial charge in [-0.2, -0.15) is 0 Å². The van der Waals surface area contributed by atoms with Gasteiger partial charge in [-0.1, -0.05) is 38.1 Å². The molecule has 0 amide bonds. The van der Waals surface area contributed by atoms with E-state index in [1.54, 1.807) is 4.31 Å². The fourth-order valence-corrected chi connectivity index (χ4v) is 4.04. The molecule has 118 valence electrons. The number of benzene rings is 1. The normalized spacial score (nSPS) is 15.6. The van der Waals surface area contributed by atoms with Gasteiger partial charge < -0.3 is 5.32 Å². The van der Waals surface area contributed by atoms with Crippen LogP contribution in [0, 0.1) is 5.92 Å². The highest BCUT2D eigenvalue weighted by molar-refractivity contribution is 7.88. The Balaban J connectivity index is 2.04. The van der Waals surface area contributed by atoms with Crippen LogP contribution in [-0.2, 0) is 22.3 Å². The molecule has 1 aromatic carbocycles. The molecular weight excluding hydrogens is 284 g/mol. The number of hydrogen-bond donors (Lipinski definition) is 1. The van der Waals surface area contributed by atoms with Crippen molar-refractivity contribution < 1.29 is 8.42 Å². The van der Waals surface area contributed by atoms with Gasteiger partial charge in [0.2, 0.25) is 10.0 Å². The Bertz CT molecular complexity index is 553. The van der Waals surface area contributed by atoms with Crippen molar-refractivity contribution in [3.63, 3.8) is 0 Å². The molecular formula is C16H26N2O2S. The van der Waals surface area contributed by atoms with E-state index in [-0.39, 0.29) is 5.75 Å². The summed E-state index contributed by atoms with van der Waals surface area (Å²) in [7, 11) is -3.20. The lowest BCUT2D eigenvalue weighted by Gasteiger charge is -2.20. The molecule has 1 aliphatic carbocycles. The van der Waals surface area contributed by atoms with Gasteiger partial charge in [-0.05, 0) is 36.4 Å². The quantitative estimate of drug-likeness (QED) is 0.762. The molecule has 4 nitrogen and oxygen atoms in total. The average molecular weight is 310 g/mol. The average Bonchev–Trinajstić information content (AvgIpc) is 3.26. The third kappa shape index (κ3) is 5.09. The molecule has 1 fully saturated rings. The van der Waals surface area contributed by atoms with E-state index in [9.17, 15) is 8.42 Å².